The van der Waals surface area contributed by atoms with Gasteiger partial charge in [-0.15, -0.1) is 0 Å². The number of rotatable bonds is 7. The lowest BCUT2D eigenvalue weighted by molar-refractivity contribution is -0.122. The van der Waals surface area contributed by atoms with E-state index in [-0.39, 0.29) is 17.9 Å². The molecule has 1 aliphatic heterocycles. The molecule has 0 aliphatic carbocycles. The van der Waals surface area contributed by atoms with Gasteiger partial charge in [-0.25, -0.2) is 0 Å². The Morgan fingerprint density at radius 1 is 1.20 bits per heavy atom. The molecule has 0 aromatic heterocycles. The number of aryl methyl sites for hydroxylation is 2. The van der Waals surface area contributed by atoms with Gasteiger partial charge in [0, 0.05) is 28.9 Å². The quantitative estimate of drug-likeness (QED) is 0.623. The molecule has 0 spiro atoms. The molecule has 2 amide bonds. The number of ether oxygens (including phenoxy) is 2. The minimum absolute atomic E-state index is 0.104. The van der Waals surface area contributed by atoms with E-state index in [1.54, 1.807) is 31.2 Å². The van der Waals surface area contributed by atoms with Crippen molar-refractivity contribution in [2.24, 2.45) is 0 Å². The van der Waals surface area contributed by atoms with E-state index >= 15 is 0 Å². The summed E-state index contributed by atoms with van der Waals surface area (Å²) in [4.78, 5) is 24.8. The number of amides is 2. The predicted molar refractivity (Wildman–Crippen MR) is 120 cm³/mol. The minimum Gasteiger partial charge on any atom is -0.480 e. The maximum absolute atomic E-state index is 12.5. The molecular formula is C23H27BrN2O4. The van der Waals surface area contributed by atoms with Crippen LogP contribution in [-0.4, -0.2) is 37.2 Å². The van der Waals surface area contributed by atoms with E-state index in [1.165, 1.54) is 0 Å². The highest BCUT2D eigenvalue weighted by Crippen LogP contribution is 2.28. The zero-order valence-electron chi connectivity index (χ0n) is 17.5. The van der Waals surface area contributed by atoms with Crippen molar-refractivity contribution in [1.29, 1.82) is 0 Å². The second-order valence-corrected chi connectivity index (χ2v) is 8.46. The van der Waals surface area contributed by atoms with Gasteiger partial charge >= 0.3 is 0 Å². The normalized spacial score (nSPS) is 16.7. The van der Waals surface area contributed by atoms with Gasteiger partial charge in [0.1, 0.15) is 5.75 Å². The number of anilines is 1. The van der Waals surface area contributed by atoms with Crippen molar-refractivity contribution in [3.05, 3.63) is 57.6 Å². The van der Waals surface area contributed by atoms with E-state index in [4.69, 9.17) is 9.47 Å². The molecule has 1 saturated heterocycles. The summed E-state index contributed by atoms with van der Waals surface area (Å²) < 4.78 is 12.4. The van der Waals surface area contributed by atoms with Crippen molar-refractivity contribution in [3.63, 3.8) is 0 Å². The molecule has 1 aliphatic rings. The van der Waals surface area contributed by atoms with Crippen LogP contribution in [0.1, 0.15) is 41.3 Å². The molecule has 7 heteroatoms. The Morgan fingerprint density at radius 3 is 2.47 bits per heavy atom. The topological polar surface area (TPSA) is 76.7 Å². The van der Waals surface area contributed by atoms with E-state index in [0.717, 1.165) is 35.0 Å². The van der Waals surface area contributed by atoms with E-state index in [0.29, 0.717) is 23.5 Å². The molecule has 2 aromatic rings. The van der Waals surface area contributed by atoms with Crippen LogP contribution < -0.4 is 15.4 Å². The van der Waals surface area contributed by atoms with Gasteiger partial charge in [0.15, 0.2) is 6.10 Å². The zero-order valence-corrected chi connectivity index (χ0v) is 19.0. The first-order valence-electron chi connectivity index (χ1n) is 10.1. The maximum atomic E-state index is 12.5. The van der Waals surface area contributed by atoms with Gasteiger partial charge in [0.2, 0.25) is 0 Å². The number of carbonyl (C=O) groups is 2. The molecule has 6 nitrogen and oxygen atoms in total. The fourth-order valence-corrected chi connectivity index (χ4v) is 4.06. The van der Waals surface area contributed by atoms with Crippen LogP contribution in [0.25, 0.3) is 0 Å². The average Bonchev–Trinajstić information content (AvgIpc) is 3.23. The zero-order chi connectivity index (χ0) is 21.7. The SMILES string of the molecule is Cc1cc(Br)cc(C)c1OC(C)C(=O)Nc1ccc(C(=O)NCC2CCCO2)cc1. The van der Waals surface area contributed by atoms with Crippen molar-refractivity contribution in [2.45, 2.75) is 45.8 Å². The second kappa shape index (κ2) is 10.1. The Balaban J connectivity index is 1.54. The van der Waals surface area contributed by atoms with Crippen molar-refractivity contribution in [2.75, 3.05) is 18.5 Å². The smallest absolute Gasteiger partial charge is 0.265 e. The summed E-state index contributed by atoms with van der Waals surface area (Å²) in [6, 6.07) is 10.7. The summed E-state index contributed by atoms with van der Waals surface area (Å²) >= 11 is 3.46. The largest absolute Gasteiger partial charge is 0.480 e. The molecule has 2 atom stereocenters. The monoisotopic (exact) mass is 474 g/mol. The molecule has 1 fully saturated rings. The van der Waals surface area contributed by atoms with Gasteiger partial charge in [-0.2, -0.15) is 0 Å². The number of hydrogen-bond acceptors (Lipinski definition) is 4. The highest BCUT2D eigenvalue weighted by Gasteiger charge is 2.19. The lowest BCUT2D eigenvalue weighted by Gasteiger charge is -2.18. The first kappa shape index (κ1) is 22.3. The summed E-state index contributed by atoms with van der Waals surface area (Å²) in [6.45, 7) is 6.88. The van der Waals surface area contributed by atoms with Gasteiger partial charge in [-0.3, -0.25) is 9.59 Å². The number of hydrogen-bond donors (Lipinski definition) is 2. The molecule has 2 aromatic carbocycles. The predicted octanol–water partition coefficient (Wildman–Crippen LogP) is 4.38. The minimum atomic E-state index is -0.669. The third-order valence-electron chi connectivity index (χ3n) is 5.02. The first-order valence-corrected chi connectivity index (χ1v) is 10.9. The van der Waals surface area contributed by atoms with Gasteiger partial charge in [0.25, 0.3) is 11.8 Å². The summed E-state index contributed by atoms with van der Waals surface area (Å²) in [6.07, 6.45) is 1.45. The highest BCUT2D eigenvalue weighted by molar-refractivity contribution is 9.10. The van der Waals surface area contributed by atoms with Gasteiger partial charge in [-0.1, -0.05) is 15.9 Å². The van der Waals surface area contributed by atoms with Crippen molar-refractivity contribution in [3.8, 4) is 5.75 Å². The average molecular weight is 475 g/mol. The fraction of sp³-hybridized carbons (Fsp3) is 0.391. The van der Waals surface area contributed by atoms with Crippen LogP contribution in [0.2, 0.25) is 0 Å². The van der Waals surface area contributed by atoms with E-state index < -0.39 is 6.10 Å². The molecule has 3 rings (SSSR count). The van der Waals surface area contributed by atoms with Crippen LogP contribution >= 0.6 is 15.9 Å². The van der Waals surface area contributed by atoms with Gasteiger partial charge < -0.3 is 20.1 Å². The summed E-state index contributed by atoms with van der Waals surface area (Å²) in [5.41, 5.74) is 3.06. The second-order valence-electron chi connectivity index (χ2n) is 7.54. The Morgan fingerprint density at radius 2 is 1.87 bits per heavy atom. The summed E-state index contributed by atoms with van der Waals surface area (Å²) in [5, 5.41) is 5.72. The van der Waals surface area contributed by atoms with Crippen molar-refractivity contribution >= 4 is 33.4 Å². The van der Waals surface area contributed by atoms with Crippen LogP contribution in [0.4, 0.5) is 5.69 Å². The lowest BCUT2D eigenvalue weighted by Crippen LogP contribution is -2.32. The molecule has 2 unspecified atom stereocenters. The molecule has 0 bridgehead atoms. The molecule has 0 saturated carbocycles. The molecule has 30 heavy (non-hydrogen) atoms. The van der Waals surface area contributed by atoms with Crippen LogP contribution in [0.5, 0.6) is 5.75 Å². The number of nitrogens with one attached hydrogen (secondary N) is 2. The molecule has 2 N–H and O–H groups in total. The van der Waals surface area contributed by atoms with Crippen LogP contribution in [-0.2, 0) is 9.53 Å². The summed E-state index contributed by atoms with van der Waals surface area (Å²) in [5.74, 6) is 0.299. The standard InChI is InChI=1S/C23H27BrN2O4/c1-14-11-18(24)12-15(2)21(14)30-16(3)22(27)26-19-8-6-17(7-9-19)23(28)25-13-20-5-4-10-29-20/h6-9,11-12,16,20H,4-5,10,13H2,1-3H3,(H,25,28)(H,26,27). The molecule has 160 valence electrons. The summed E-state index contributed by atoms with van der Waals surface area (Å²) in [7, 11) is 0. The Kier molecular flexibility index (Phi) is 7.50. The van der Waals surface area contributed by atoms with Crippen molar-refractivity contribution in [1.82, 2.24) is 5.32 Å². The highest BCUT2D eigenvalue weighted by atomic mass is 79.9. The fourth-order valence-electron chi connectivity index (χ4n) is 3.38. The number of carbonyl (C=O) groups excluding carboxylic acids is 2. The van der Waals surface area contributed by atoms with Crippen molar-refractivity contribution < 1.29 is 19.1 Å². The number of halogens is 1. The third-order valence-corrected chi connectivity index (χ3v) is 5.48. The molecule has 0 radical (unpaired) electrons. The Bertz CT molecular complexity index is 885. The van der Waals surface area contributed by atoms with Gasteiger partial charge in [0.05, 0.1) is 6.10 Å². The van der Waals surface area contributed by atoms with Crippen LogP contribution in [0.3, 0.4) is 0 Å². The van der Waals surface area contributed by atoms with Gasteiger partial charge in [-0.05, 0) is 81.1 Å². The Hall–Kier alpha value is -2.38. The first-order chi connectivity index (χ1) is 14.3. The molecule has 1 heterocycles. The third kappa shape index (κ3) is 5.83. The lowest BCUT2D eigenvalue weighted by atomic mass is 10.1. The van der Waals surface area contributed by atoms with E-state index in [1.807, 2.05) is 26.0 Å². The number of benzene rings is 2. The maximum Gasteiger partial charge on any atom is 0.265 e. The molecular weight excluding hydrogens is 448 g/mol. The van der Waals surface area contributed by atoms with E-state index in [9.17, 15) is 9.59 Å². The van der Waals surface area contributed by atoms with E-state index in [2.05, 4.69) is 26.6 Å². The van der Waals surface area contributed by atoms with Crippen LogP contribution in [0.15, 0.2) is 40.9 Å². The van der Waals surface area contributed by atoms with Crippen LogP contribution in [0, 0.1) is 13.8 Å². The Labute approximate surface area is 185 Å².